The number of rotatable bonds is 11. The zero-order chi connectivity index (χ0) is 21.7. The molecular formula is C24H37IN4O3. The maximum Gasteiger partial charge on any atom is 0.191 e. The average molecular weight is 556 g/mol. The lowest BCUT2D eigenvalue weighted by atomic mass is 10.1. The van der Waals surface area contributed by atoms with Crippen molar-refractivity contribution >= 4 is 29.9 Å². The fourth-order valence-electron chi connectivity index (χ4n) is 3.76. The van der Waals surface area contributed by atoms with E-state index >= 15 is 0 Å². The van der Waals surface area contributed by atoms with Gasteiger partial charge in [0.2, 0.25) is 0 Å². The van der Waals surface area contributed by atoms with E-state index in [4.69, 9.17) is 18.9 Å². The fourth-order valence-corrected chi connectivity index (χ4v) is 3.76. The minimum Gasteiger partial charge on any atom is -0.491 e. The quantitative estimate of drug-likeness (QED) is 0.187. The van der Waals surface area contributed by atoms with E-state index in [1.54, 1.807) is 13.4 Å². The number of benzene rings is 1. The molecule has 32 heavy (non-hydrogen) atoms. The normalized spacial score (nSPS) is 15.6. The first-order chi connectivity index (χ1) is 15.3. The SMILES string of the molecule is CCNC(=NCc1ccc(OCCOC)cc1)NCC(c1ccco1)N1CCCCC1.I. The number of hydrogen-bond donors (Lipinski definition) is 2. The number of halogens is 1. The molecule has 1 saturated heterocycles. The Bertz CT molecular complexity index is 762. The standard InChI is InChI=1S/C24H36N4O3.HI/c1-3-25-24(26-18-20-9-11-21(12-10-20)30-17-16-29-2)27-19-22(23-8-7-15-31-23)28-13-5-4-6-14-28;/h7-12,15,22H,3-6,13-14,16-19H2,1-2H3,(H2,25,26,27);1H. The summed E-state index contributed by atoms with van der Waals surface area (Å²) >= 11 is 0. The molecule has 1 aliphatic heterocycles. The van der Waals surface area contributed by atoms with Crippen LogP contribution in [0, 0.1) is 0 Å². The van der Waals surface area contributed by atoms with Crippen LogP contribution in [0.3, 0.4) is 0 Å². The van der Waals surface area contributed by atoms with E-state index in [2.05, 4.69) is 40.7 Å². The third-order valence-corrected chi connectivity index (χ3v) is 5.41. The monoisotopic (exact) mass is 556 g/mol. The molecule has 0 bridgehead atoms. The largest absolute Gasteiger partial charge is 0.491 e. The molecule has 7 nitrogen and oxygen atoms in total. The lowest BCUT2D eigenvalue weighted by molar-refractivity contribution is 0.146. The first-order valence-corrected chi connectivity index (χ1v) is 11.3. The number of aliphatic imine (C=N–C) groups is 1. The Hall–Kier alpha value is -1.78. The molecule has 1 aliphatic rings. The predicted molar refractivity (Wildman–Crippen MR) is 139 cm³/mol. The summed E-state index contributed by atoms with van der Waals surface area (Å²) in [5, 5.41) is 6.87. The molecule has 0 aliphatic carbocycles. The lowest BCUT2D eigenvalue weighted by Gasteiger charge is -2.33. The number of nitrogens with one attached hydrogen (secondary N) is 2. The minimum absolute atomic E-state index is 0. The zero-order valence-electron chi connectivity index (χ0n) is 19.2. The van der Waals surface area contributed by atoms with Crippen LogP contribution in [-0.4, -0.2) is 57.4 Å². The third kappa shape index (κ3) is 8.63. The predicted octanol–water partition coefficient (Wildman–Crippen LogP) is 4.21. The Balaban J connectivity index is 0.00000363. The highest BCUT2D eigenvalue weighted by Gasteiger charge is 2.24. The topological polar surface area (TPSA) is 71.3 Å². The van der Waals surface area contributed by atoms with Gasteiger partial charge in [-0.1, -0.05) is 18.6 Å². The van der Waals surface area contributed by atoms with Crippen molar-refractivity contribution in [2.75, 3.05) is 46.5 Å². The van der Waals surface area contributed by atoms with Gasteiger partial charge in [-0.05, 0) is 62.7 Å². The van der Waals surface area contributed by atoms with Crippen LogP contribution in [-0.2, 0) is 11.3 Å². The summed E-state index contributed by atoms with van der Waals surface area (Å²) < 4.78 is 16.4. The summed E-state index contributed by atoms with van der Waals surface area (Å²) in [6.07, 6.45) is 5.57. The van der Waals surface area contributed by atoms with Gasteiger partial charge >= 0.3 is 0 Å². The molecule has 1 aromatic carbocycles. The average Bonchev–Trinajstić information content (AvgIpc) is 3.34. The molecule has 3 rings (SSSR count). The van der Waals surface area contributed by atoms with E-state index in [1.807, 2.05) is 18.2 Å². The van der Waals surface area contributed by atoms with Crippen LogP contribution in [0.1, 0.15) is 43.6 Å². The van der Waals surface area contributed by atoms with Gasteiger partial charge < -0.3 is 24.5 Å². The van der Waals surface area contributed by atoms with E-state index in [0.29, 0.717) is 19.8 Å². The highest BCUT2D eigenvalue weighted by atomic mass is 127. The van der Waals surface area contributed by atoms with Gasteiger partial charge in [0, 0.05) is 20.2 Å². The van der Waals surface area contributed by atoms with Gasteiger partial charge in [0.05, 0.1) is 25.5 Å². The van der Waals surface area contributed by atoms with Gasteiger partial charge in [0.15, 0.2) is 5.96 Å². The van der Waals surface area contributed by atoms with Crippen molar-refractivity contribution in [1.29, 1.82) is 0 Å². The second kappa shape index (κ2) is 15.1. The van der Waals surface area contributed by atoms with Gasteiger partial charge in [0.1, 0.15) is 18.1 Å². The van der Waals surface area contributed by atoms with Gasteiger partial charge in [-0.15, -0.1) is 24.0 Å². The molecule has 1 aromatic heterocycles. The molecule has 8 heteroatoms. The molecule has 178 valence electrons. The molecule has 0 spiro atoms. The number of likely N-dealkylation sites (tertiary alicyclic amines) is 1. The Morgan fingerprint density at radius 1 is 1.09 bits per heavy atom. The number of ether oxygens (including phenoxy) is 2. The molecule has 1 atom stereocenters. The smallest absolute Gasteiger partial charge is 0.191 e. The van der Waals surface area contributed by atoms with Gasteiger partial charge in [-0.2, -0.15) is 0 Å². The van der Waals surface area contributed by atoms with Gasteiger partial charge in [0.25, 0.3) is 0 Å². The lowest BCUT2D eigenvalue weighted by Crippen LogP contribution is -2.44. The van der Waals surface area contributed by atoms with Crippen LogP contribution in [0.15, 0.2) is 52.1 Å². The van der Waals surface area contributed by atoms with Gasteiger partial charge in [-0.3, -0.25) is 4.90 Å². The van der Waals surface area contributed by atoms with Crippen molar-refractivity contribution in [3.05, 3.63) is 54.0 Å². The second-order valence-electron chi connectivity index (χ2n) is 7.69. The first-order valence-electron chi connectivity index (χ1n) is 11.3. The number of furan rings is 1. The molecule has 0 radical (unpaired) electrons. The van der Waals surface area contributed by atoms with Crippen molar-refractivity contribution in [2.45, 2.75) is 38.8 Å². The van der Waals surface area contributed by atoms with E-state index in [9.17, 15) is 0 Å². The molecule has 2 heterocycles. The molecule has 1 unspecified atom stereocenters. The number of methoxy groups -OCH3 is 1. The molecular weight excluding hydrogens is 519 g/mol. The second-order valence-corrected chi connectivity index (χ2v) is 7.69. The Labute approximate surface area is 209 Å². The number of nitrogens with zero attached hydrogens (tertiary/aromatic N) is 2. The summed E-state index contributed by atoms with van der Waals surface area (Å²) in [7, 11) is 1.67. The molecule has 2 N–H and O–H groups in total. The Kier molecular flexibility index (Phi) is 12.5. The van der Waals surface area contributed by atoms with E-state index in [1.165, 1.54) is 19.3 Å². The minimum atomic E-state index is 0. The van der Waals surface area contributed by atoms with Crippen molar-refractivity contribution in [2.24, 2.45) is 4.99 Å². The maximum absolute atomic E-state index is 5.76. The summed E-state index contributed by atoms with van der Waals surface area (Å²) in [4.78, 5) is 7.29. The Morgan fingerprint density at radius 3 is 2.53 bits per heavy atom. The zero-order valence-corrected chi connectivity index (χ0v) is 21.5. The van der Waals surface area contributed by atoms with E-state index < -0.39 is 0 Å². The van der Waals surface area contributed by atoms with Crippen LogP contribution in [0.5, 0.6) is 5.75 Å². The third-order valence-electron chi connectivity index (χ3n) is 5.41. The highest BCUT2D eigenvalue weighted by molar-refractivity contribution is 14.0. The first kappa shape index (κ1) is 26.5. The van der Waals surface area contributed by atoms with Crippen LogP contribution in [0.2, 0.25) is 0 Å². The summed E-state index contributed by atoms with van der Waals surface area (Å²) in [5.74, 6) is 2.67. The molecule has 0 amide bonds. The molecule has 1 fully saturated rings. The van der Waals surface area contributed by atoms with Crippen molar-refractivity contribution in [3.8, 4) is 5.75 Å². The summed E-state index contributed by atoms with van der Waals surface area (Å²) in [6.45, 7) is 7.61. The van der Waals surface area contributed by atoms with Crippen molar-refractivity contribution < 1.29 is 13.9 Å². The maximum atomic E-state index is 5.76. The van der Waals surface area contributed by atoms with Crippen LogP contribution >= 0.6 is 24.0 Å². The van der Waals surface area contributed by atoms with Crippen LogP contribution in [0.4, 0.5) is 0 Å². The summed E-state index contributed by atoms with van der Waals surface area (Å²) in [5.41, 5.74) is 1.13. The molecule has 2 aromatic rings. The fraction of sp³-hybridized carbons (Fsp3) is 0.542. The van der Waals surface area contributed by atoms with Crippen LogP contribution in [0.25, 0.3) is 0 Å². The molecule has 0 saturated carbocycles. The number of piperidine rings is 1. The number of guanidine groups is 1. The van der Waals surface area contributed by atoms with Gasteiger partial charge in [-0.25, -0.2) is 4.99 Å². The Morgan fingerprint density at radius 2 is 1.88 bits per heavy atom. The van der Waals surface area contributed by atoms with Crippen molar-refractivity contribution in [1.82, 2.24) is 15.5 Å². The van der Waals surface area contributed by atoms with E-state index in [-0.39, 0.29) is 30.0 Å². The van der Waals surface area contributed by atoms with Crippen molar-refractivity contribution in [3.63, 3.8) is 0 Å². The van der Waals surface area contributed by atoms with E-state index in [0.717, 1.165) is 49.2 Å². The number of hydrogen-bond acceptors (Lipinski definition) is 5. The summed E-state index contributed by atoms with van der Waals surface area (Å²) in [6, 6.07) is 12.3. The van der Waals surface area contributed by atoms with Crippen LogP contribution < -0.4 is 15.4 Å². The highest BCUT2D eigenvalue weighted by Crippen LogP contribution is 2.24.